The van der Waals surface area contributed by atoms with Crippen molar-refractivity contribution in [3.05, 3.63) is 30.3 Å². The van der Waals surface area contributed by atoms with Crippen molar-refractivity contribution in [2.75, 3.05) is 5.06 Å². The van der Waals surface area contributed by atoms with Crippen molar-refractivity contribution < 1.29 is 9.63 Å². The monoisotopic (exact) mass is 203 g/mol. The summed E-state index contributed by atoms with van der Waals surface area (Å²) in [6, 6.07) is 10.2. The molecule has 1 aromatic rings. The molecule has 0 N–H and O–H groups in total. The largest absolute Gasteiger partial charge is 0.297 e. The van der Waals surface area contributed by atoms with E-state index in [9.17, 15) is 4.79 Å². The highest BCUT2D eigenvalue weighted by Crippen LogP contribution is 2.34. The fourth-order valence-electron chi connectivity index (χ4n) is 2.35. The van der Waals surface area contributed by atoms with Gasteiger partial charge in [0.25, 0.3) is 0 Å². The van der Waals surface area contributed by atoms with Crippen LogP contribution in [0, 0.1) is 0 Å². The Morgan fingerprint density at radius 3 is 2.60 bits per heavy atom. The summed E-state index contributed by atoms with van der Waals surface area (Å²) in [5, 5.41) is 1.91. The number of fused-ring (bicyclic) bond motifs is 3. The molecule has 0 unspecified atom stereocenters. The SMILES string of the molecule is O=C1C[C@@H]2CC[C@H]1ON2c1ccccc1. The first kappa shape index (κ1) is 8.92. The van der Waals surface area contributed by atoms with Gasteiger partial charge in [-0.25, -0.2) is 5.06 Å². The van der Waals surface area contributed by atoms with E-state index in [-0.39, 0.29) is 17.9 Å². The fourth-order valence-corrected chi connectivity index (χ4v) is 2.35. The van der Waals surface area contributed by atoms with Gasteiger partial charge in [0.2, 0.25) is 0 Å². The Balaban J connectivity index is 1.88. The van der Waals surface area contributed by atoms with Crippen LogP contribution in [0.4, 0.5) is 5.69 Å². The molecule has 15 heavy (non-hydrogen) atoms. The minimum atomic E-state index is -0.199. The predicted octanol–water partition coefficient (Wildman–Crippen LogP) is 1.93. The average Bonchev–Trinajstić information content (AvgIpc) is 2.31. The van der Waals surface area contributed by atoms with E-state index in [2.05, 4.69) is 0 Å². The number of hydrogen-bond acceptors (Lipinski definition) is 3. The normalized spacial score (nSPS) is 29.6. The first-order valence-corrected chi connectivity index (χ1v) is 5.38. The van der Waals surface area contributed by atoms with Gasteiger partial charge in [-0.05, 0) is 25.0 Å². The highest BCUT2D eigenvalue weighted by atomic mass is 16.7. The van der Waals surface area contributed by atoms with E-state index in [1.165, 1.54) is 0 Å². The number of hydrogen-bond donors (Lipinski definition) is 0. The van der Waals surface area contributed by atoms with Gasteiger partial charge >= 0.3 is 0 Å². The number of para-hydroxylation sites is 1. The summed E-state index contributed by atoms with van der Waals surface area (Å²) in [5.74, 6) is 0.262. The molecule has 2 atom stereocenters. The Bertz CT molecular complexity index is 376. The molecule has 1 aliphatic carbocycles. The quantitative estimate of drug-likeness (QED) is 0.698. The molecular formula is C12H13NO2. The van der Waals surface area contributed by atoms with Crippen molar-refractivity contribution in [3.63, 3.8) is 0 Å². The van der Waals surface area contributed by atoms with Crippen LogP contribution >= 0.6 is 0 Å². The zero-order chi connectivity index (χ0) is 10.3. The Morgan fingerprint density at radius 2 is 2.00 bits per heavy atom. The maximum Gasteiger partial charge on any atom is 0.166 e. The Labute approximate surface area is 88.6 Å². The second-order valence-electron chi connectivity index (χ2n) is 4.16. The summed E-state index contributed by atoms with van der Waals surface area (Å²) in [6.45, 7) is 0. The van der Waals surface area contributed by atoms with Gasteiger partial charge in [0.15, 0.2) is 5.78 Å². The van der Waals surface area contributed by atoms with Crippen molar-refractivity contribution >= 4 is 11.5 Å². The van der Waals surface area contributed by atoms with Crippen LogP contribution in [0.15, 0.2) is 30.3 Å². The van der Waals surface area contributed by atoms with Gasteiger partial charge in [-0.15, -0.1) is 0 Å². The number of benzene rings is 1. The minimum Gasteiger partial charge on any atom is -0.297 e. The number of carbonyl (C=O) groups excluding carboxylic acids is 1. The lowest BCUT2D eigenvalue weighted by molar-refractivity contribution is -0.146. The maximum absolute atomic E-state index is 11.5. The van der Waals surface area contributed by atoms with Crippen LogP contribution in [-0.2, 0) is 9.63 Å². The van der Waals surface area contributed by atoms with Crippen LogP contribution in [0.3, 0.4) is 0 Å². The maximum atomic E-state index is 11.5. The Kier molecular flexibility index (Phi) is 1.99. The zero-order valence-electron chi connectivity index (χ0n) is 8.43. The van der Waals surface area contributed by atoms with Crippen LogP contribution in [0.5, 0.6) is 0 Å². The number of nitrogens with zero attached hydrogens (tertiary/aromatic N) is 1. The van der Waals surface area contributed by atoms with Crippen molar-refractivity contribution in [1.29, 1.82) is 0 Å². The molecule has 3 fully saturated rings. The number of carbonyl (C=O) groups is 1. The minimum absolute atomic E-state index is 0.199. The summed E-state index contributed by atoms with van der Waals surface area (Å²) in [5.41, 5.74) is 1.06. The summed E-state index contributed by atoms with van der Waals surface area (Å²) in [7, 11) is 0. The molecular weight excluding hydrogens is 190 g/mol. The molecule has 2 aliphatic heterocycles. The highest BCUT2D eigenvalue weighted by molar-refractivity contribution is 5.86. The lowest BCUT2D eigenvalue weighted by Crippen LogP contribution is -2.53. The second kappa shape index (κ2) is 3.35. The van der Waals surface area contributed by atoms with Crippen LogP contribution in [0.1, 0.15) is 19.3 Å². The third kappa shape index (κ3) is 1.43. The van der Waals surface area contributed by atoms with E-state index in [0.717, 1.165) is 18.5 Å². The van der Waals surface area contributed by atoms with E-state index in [0.29, 0.717) is 6.42 Å². The Morgan fingerprint density at radius 1 is 1.20 bits per heavy atom. The molecule has 0 radical (unpaired) electrons. The van der Waals surface area contributed by atoms with Gasteiger partial charge in [-0.3, -0.25) is 9.63 Å². The van der Waals surface area contributed by atoms with Crippen LogP contribution < -0.4 is 5.06 Å². The standard InChI is InChI=1S/C12H13NO2/c14-11-8-10-6-7-12(11)15-13(10)9-4-2-1-3-5-9/h1-5,10,12H,6-8H2/t10-,12+/m0/s1. The number of hydroxylamine groups is 1. The molecule has 0 spiro atoms. The molecule has 0 aromatic heterocycles. The van der Waals surface area contributed by atoms with Crippen LogP contribution in [-0.4, -0.2) is 17.9 Å². The predicted molar refractivity (Wildman–Crippen MR) is 56.4 cm³/mol. The molecule has 3 nitrogen and oxygen atoms in total. The topological polar surface area (TPSA) is 29.5 Å². The molecule has 2 saturated heterocycles. The van der Waals surface area contributed by atoms with E-state index < -0.39 is 0 Å². The number of anilines is 1. The number of ketones is 1. The van der Waals surface area contributed by atoms with Gasteiger partial charge in [-0.1, -0.05) is 18.2 Å². The molecule has 4 rings (SSSR count). The molecule has 1 aromatic carbocycles. The van der Waals surface area contributed by atoms with Crippen molar-refractivity contribution in [2.24, 2.45) is 0 Å². The first-order chi connectivity index (χ1) is 7.34. The third-order valence-corrected chi connectivity index (χ3v) is 3.14. The zero-order valence-corrected chi connectivity index (χ0v) is 8.43. The molecule has 1 saturated carbocycles. The van der Waals surface area contributed by atoms with Gasteiger partial charge in [0.1, 0.15) is 6.10 Å². The van der Waals surface area contributed by atoms with E-state index in [1.807, 2.05) is 35.4 Å². The van der Waals surface area contributed by atoms with Crippen LogP contribution in [0.2, 0.25) is 0 Å². The average molecular weight is 203 g/mol. The molecule has 3 heteroatoms. The second-order valence-corrected chi connectivity index (χ2v) is 4.16. The van der Waals surface area contributed by atoms with E-state index >= 15 is 0 Å². The molecule has 0 amide bonds. The lowest BCUT2D eigenvalue weighted by Gasteiger charge is -2.44. The summed E-state index contributed by atoms with van der Waals surface area (Å²) < 4.78 is 0. The van der Waals surface area contributed by atoms with E-state index in [4.69, 9.17) is 4.84 Å². The highest BCUT2D eigenvalue weighted by Gasteiger charge is 2.40. The molecule has 78 valence electrons. The first-order valence-electron chi connectivity index (χ1n) is 5.38. The van der Waals surface area contributed by atoms with Crippen molar-refractivity contribution in [2.45, 2.75) is 31.4 Å². The summed E-state index contributed by atoms with van der Waals surface area (Å²) in [4.78, 5) is 17.1. The molecule has 2 heterocycles. The van der Waals surface area contributed by atoms with Crippen LogP contribution in [0.25, 0.3) is 0 Å². The summed E-state index contributed by atoms with van der Waals surface area (Å²) >= 11 is 0. The third-order valence-electron chi connectivity index (χ3n) is 3.14. The Hall–Kier alpha value is -1.35. The molecule has 2 bridgehead atoms. The smallest absolute Gasteiger partial charge is 0.166 e. The number of rotatable bonds is 1. The van der Waals surface area contributed by atoms with Crippen molar-refractivity contribution in [1.82, 2.24) is 0 Å². The van der Waals surface area contributed by atoms with E-state index in [1.54, 1.807) is 0 Å². The van der Waals surface area contributed by atoms with Gasteiger partial charge in [0.05, 0.1) is 11.7 Å². The van der Waals surface area contributed by atoms with Gasteiger partial charge in [0, 0.05) is 6.42 Å². The molecule has 3 aliphatic rings. The summed E-state index contributed by atoms with van der Waals surface area (Å²) in [6.07, 6.45) is 2.38. The number of Topliss-reactive ketones (excluding diaryl/α,β-unsaturated/α-hetero) is 1. The van der Waals surface area contributed by atoms with Gasteiger partial charge in [-0.2, -0.15) is 0 Å². The van der Waals surface area contributed by atoms with Gasteiger partial charge < -0.3 is 0 Å². The fraction of sp³-hybridized carbons (Fsp3) is 0.417. The van der Waals surface area contributed by atoms with Crippen molar-refractivity contribution in [3.8, 4) is 0 Å². The lowest BCUT2D eigenvalue weighted by atomic mass is 9.89.